The molecule has 152 valence electrons. The molecular weight excluding hydrogens is 368 g/mol. The van der Waals surface area contributed by atoms with E-state index in [2.05, 4.69) is 10.1 Å². The van der Waals surface area contributed by atoms with Crippen LogP contribution in [0.4, 0.5) is 0 Å². The number of benzene rings is 1. The van der Waals surface area contributed by atoms with Crippen LogP contribution in [0.5, 0.6) is 0 Å². The molecule has 0 unspecified atom stereocenters. The van der Waals surface area contributed by atoms with Gasteiger partial charge in [0.05, 0.1) is 0 Å². The summed E-state index contributed by atoms with van der Waals surface area (Å²) in [6.45, 7) is 5.09. The molecule has 1 aliphatic carbocycles. The summed E-state index contributed by atoms with van der Waals surface area (Å²) < 4.78 is 5.18. The minimum absolute atomic E-state index is 0.0520. The van der Waals surface area contributed by atoms with Crippen LogP contribution in [-0.4, -0.2) is 57.9 Å². The molecule has 3 aliphatic rings. The molecule has 2 saturated heterocycles. The minimum atomic E-state index is 0.0520. The van der Waals surface area contributed by atoms with E-state index in [0.717, 1.165) is 63.8 Å². The lowest BCUT2D eigenvalue weighted by atomic mass is 9.90. The Morgan fingerprint density at radius 2 is 1.72 bits per heavy atom. The van der Waals surface area contributed by atoms with Gasteiger partial charge in [0.1, 0.15) is 0 Å². The van der Waals surface area contributed by atoms with Crippen molar-refractivity contribution >= 4 is 11.8 Å². The molecule has 29 heavy (non-hydrogen) atoms. The maximum atomic E-state index is 12.9. The van der Waals surface area contributed by atoms with Crippen LogP contribution in [0.25, 0.3) is 11.5 Å². The molecule has 7 nitrogen and oxygen atoms in total. The molecule has 1 spiro atoms. The maximum Gasteiger partial charge on any atom is 0.257 e. The number of likely N-dealkylation sites (tertiary alicyclic amines) is 2. The van der Waals surface area contributed by atoms with Crippen LogP contribution in [0, 0.1) is 18.3 Å². The first-order chi connectivity index (χ1) is 14.1. The number of amides is 2. The third-order valence-electron chi connectivity index (χ3n) is 6.86. The summed E-state index contributed by atoms with van der Waals surface area (Å²) in [5, 5.41) is 3.80. The second-order valence-corrected chi connectivity index (χ2v) is 8.67. The summed E-state index contributed by atoms with van der Waals surface area (Å²) in [7, 11) is 0. The van der Waals surface area contributed by atoms with Crippen molar-refractivity contribution in [3.63, 3.8) is 0 Å². The van der Waals surface area contributed by atoms with Gasteiger partial charge in [-0.1, -0.05) is 5.16 Å². The molecule has 3 fully saturated rings. The van der Waals surface area contributed by atoms with E-state index < -0.39 is 0 Å². The van der Waals surface area contributed by atoms with Gasteiger partial charge in [0.2, 0.25) is 5.91 Å². The molecule has 2 amide bonds. The molecule has 1 aromatic heterocycles. The second-order valence-electron chi connectivity index (χ2n) is 8.67. The average Bonchev–Trinajstić information content (AvgIpc) is 3.11. The van der Waals surface area contributed by atoms with Crippen molar-refractivity contribution in [2.24, 2.45) is 11.3 Å². The highest BCUT2D eigenvalue weighted by Gasteiger charge is 2.59. The number of carbonyl (C=O) groups is 2. The van der Waals surface area contributed by atoms with Crippen molar-refractivity contribution in [2.75, 3.05) is 26.2 Å². The van der Waals surface area contributed by atoms with Crippen molar-refractivity contribution < 1.29 is 14.1 Å². The Morgan fingerprint density at radius 3 is 2.34 bits per heavy atom. The smallest absolute Gasteiger partial charge is 0.257 e. The van der Waals surface area contributed by atoms with Crippen molar-refractivity contribution in [1.29, 1.82) is 0 Å². The third-order valence-corrected chi connectivity index (χ3v) is 6.86. The van der Waals surface area contributed by atoms with E-state index in [-0.39, 0.29) is 17.2 Å². The summed E-state index contributed by atoms with van der Waals surface area (Å²) in [5.74, 6) is 1.65. The van der Waals surface area contributed by atoms with Gasteiger partial charge < -0.3 is 14.3 Å². The number of aryl methyl sites for hydroxylation is 1. The SMILES string of the molecule is Cc1noc(-c2ccc(C(=O)N3CCC4(CC3)C[C@H]4C(=O)N3CCCC3)cc2)n1. The molecule has 7 heteroatoms. The molecule has 0 radical (unpaired) electrons. The van der Waals surface area contributed by atoms with Gasteiger partial charge in [-0.2, -0.15) is 4.98 Å². The van der Waals surface area contributed by atoms with Gasteiger partial charge in [-0.25, -0.2) is 0 Å². The molecule has 1 aromatic carbocycles. The third kappa shape index (κ3) is 3.32. The van der Waals surface area contributed by atoms with E-state index in [1.807, 2.05) is 34.1 Å². The zero-order valence-corrected chi connectivity index (χ0v) is 16.8. The number of rotatable bonds is 3. The molecule has 2 aromatic rings. The standard InChI is InChI=1S/C22H26N4O3/c1-15-23-19(29-24-15)16-4-6-17(7-5-16)20(27)26-12-8-22(9-13-26)14-18(22)21(28)25-10-2-3-11-25/h4-7,18H,2-3,8-14H2,1H3/t18-/m0/s1. The summed E-state index contributed by atoms with van der Waals surface area (Å²) in [4.78, 5) is 33.8. The fraction of sp³-hybridized carbons (Fsp3) is 0.545. The zero-order valence-electron chi connectivity index (χ0n) is 16.8. The molecule has 5 rings (SSSR count). The Balaban J connectivity index is 1.19. The summed E-state index contributed by atoms with van der Waals surface area (Å²) in [6, 6.07) is 7.32. The van der Waals surface area contributed by atoms with Gasteiger partial charge in [-0.15, -0.1) is 0 Å². The number of nitrogens with zero attached hydrogens (tertiary/aromatic N) is 4. The molecule has 0 N–H and O–H groups in total. The lowest BCUT2D eigenvalue weighted by molar-refractivity contribution is -0.132. The fourth-order valence-corrected chi connectivity index (χ4v) is 4.91. The molecule has 1 saturated carbocycles. The van der Waals surface area contributed by atoms with Gasteiger partial charge in [0.25, 0.3) is 11.8 Å². The highest BCUT2D eigenvalue weighted by atomic mass is 16.5. The van der Waals surface area contributed by atoms with Crippen LogP contribution < -0.4 is 0 Å². The second kappa shape index (κ2) is 6.97. The molecular formula is C22H26N4O3. The monoisotopic (exact) mass is 394 g/mol. The molecule has 2 aliphatic heterocycles. The summed E-state index contributed by atoms with van der Waals surface area (Å²) in [5.41, 5.74) is 1.62. The number of aromatic nitrogens is 2. The van der Waals surface area contributed by atoms with Crippen LogP contribution in [-0.2, 0) is 4.79 Å². The predicted molar refractivity (Wildman–Crippen MR) is 106 cm³/mol. The van der Waals surface area contributed by atoms with E-state index in [0.29, 0.717) is 23.2 Å². The molecule has 1 atom stereocenters. The number of carbonyl (C=O) groups excluding carboxylic acids is 2. The summed E-state index contributed by atoms with van der Waals surface area (Å²) in [6.07, 6.45) is 5.14. The van der Waals surface area contributed by atoms with E-state index in [9.17, 15) is 9.59 Å². The van der Waals surface area contributed by atoms with Crippen LogP contribution in [0.3, 0.4) is 0 Å². The Labute approximate surface area is 170 Å². The molecule has 0 bridgehead atoms. The zero-order chi connectivity index (χ0) is 20.0. The first-order valence-electron chi connectivity index (χ1n) is 10.5. The Bertz CT molecular complexity index is 922. The van der Waals surface area contributed by atoms with Crippen molar-refractivity contribution in [3.8, 4) is 11.5 Å². The minimum Gasteiger partial charge on any atom is -0.342 e. The van der Waals surface area contributed by atoms with E-state index in [1.165, 1.54) is 0 Å². The van der Waals surface area contributed by atoms with E-state index >= 15 is 0 Å². The largest absolute Gasteiger partial charge is 0.342 e. The van der Waals surface area contributed by atoms with Crippen molar-refractivity contribution in [2.45, 2.75) is 39.0 Å². The first-order valence-corrected chi connectivity index (χ1v) is 10.5. The number of hydrogen-bond acceptors (Lipinski definition) is 5. The van der Waals surface area contributed by atoms with Crippen LogP contribution in [0.15, 0.2) is 28.8 Å². The Morgan fingerprint density at radius 1 is 1.03 bits per heavy atom. The van der Waals surface area contributed by atoms with Crippen LogP contribution in [0.2, 0.25) is 0 Å². The highest BCUT2D eigenvalue weighted by molar-refractivity contribution is 5.94. The Hall–Kier alpha value is -2.70. The normalized spacial score (nSPS) is 22.9. The first kappa shape index (κ1) is 18.3. The van der Waals surface area contributed by atoms with E-state index in [4.69, 9.17) is 4.52 Å². The van der Waals surface area contributed by atoms with E-state index in [1.54, 1.807) is 6.92 Å². The van der Waals surface area contributed by atoms with Crippen LogP contribution >= 0.6 is 0 Å². The van der Waals surface area contributed by atoms with Gasteiger partial charge in [0.15, 0.2) is 5.82 Å². The fourth-order valence-electron chi connectivity index (χ4n) is 4.91. The van der Waals surface area contributed by atoms with Crippen LogP contribution in [0.1, 0.15) is 48.3 Å². The maximum absolute atomic E-state index is 12.9. The quantitative estimate of drug-likeness (QED) is 0.800. The van der Waals surface area contributed by atoms with Gasteiger partial charge in [-0.3, -0.25) is 9.59 Å². The van der Waals surface area contributed by atoms with Gasteiger partial charge >= 0.3 is 0 Å². The number of piperidine rings is 1. The lowest BCUT2D eigenvalue weighted by Crippen LogP contribution is -2.41. The Kier molecular flexibility index (Phi) is 4.41. The topological polar surface area (TPSA) is 79.5 Å². The van der Waals surface area contributed by atoms with Gasteiger partial charge in [-0.05, 0) is 68.7 Å². The average molecular weight is 394 g/mol. The number of hydrogen-bond donors (Lipinski definition) is 0. The predicted octanol–water partition coefficient (Wildman–Crippen LogP) is 2.91. The van der Waals surface area contributed by atoms with Crippen molar-refractivity contribution in [3.05, 3.63) is 35.7 Å². The molecule has 3 heterocycles. The lowest BCUT2D eigenvalue weighted by Gasteiger charge is -2.33. The van der Waals surface area contributed by atoms with Gasteiger partial charge in [0, 0.05) is 43.2 Å². The highest BCUT2D eigenvalue weighted by Crippen LogP contribution is 2.60. The van der Waals surface area contributed by atoms with Crippen molar-refractivity contribution in [1.82, 2.24) is 19.9 Å². The summed E-state index contributed by atoms with van der Waals surface area (Å²) >= 11 is 0.